The summed E-state index contributed by atoms with van der Waals surface area (Å²) in [4.78, 5) is 16.7. The van der Waals surface area contributed by atoms with Crippen LogP contribution in [0.25, 0.3) is 11.3 Å². The molecule has 0 spiro atoms. The van der Waals surface area contributed by atoms with E-state index in [9.17, 15) is 4.79 Å². The summed E-state index contributed by atoms with van der Waals surface area (Å²) in [5.74, 6) is 1.11. The number of aromatic nitrogens is 2. The highest BCUT2D eigenvalue weighted by Crippen LogP contribution is 2.33. The molecule has 2 heterocycles. The second kappa shape index (κ2) is 6.76. The van der Waals surface area contributed by atoms with E-state index in [1.54, 1.807) is 24.9 Å². The molecule has 0 aliphatic heterocycles. The van der Waals surface area contributed by atoms with Gasteiger partial charge in [-0.05, 0) is 30.3 Å². The third-order valence-corrected chi connectivity index (χ3v) is 4.34. The molecule has 0 aliphatic rings. The maximum absolute atomic E-state index is 12.2. The molecule has 24 heavy (non-hydrogen) atoms. The smallest absolute Gasteiger partial charge is 0.274 e. The number of methoxy groups -OCH3 is 2. The Morgan fingerprint density at radius 3 is 2.67 bits per heavy atom. The fourth-order valence-electron chi connectivity index (χ4n) is 2.32. The topological polar surface area (TPSA) is 65.4 Å². The van der Waals surface area contributed by atoms with Crippen LogP contribution in [0.2, 0.25) is 0 Å². The minimum atomic E-state index is -0.185. The number of ether oxygens (including phenoxy) is 2. The van der Waals surface area contributed by atoms with Gasteiger partial charge in [0, 0.05) is 24.2 Å². The summed E-state index contributed by atoms with van der Waals surface area (Å²) in [5.41, 5.74) is 2.24. The molecule has 2 aromatic heterocycles. The Hall–Kier alpha value is -2.80. The van der Waals surface area contributed by atoms with E-state index < -0.39 is 0 Å². The molecule has 1 aromatic carbocycles. The number of carbonyl (C=O) groups is 1. The molecule has 0 unspecified atom stereocenters. The van der Waals surface area contributed by atoms with E-state index in [1.807, 2.05) is 42.9 Å². The lowest BCUT2D eigenvalue weighted by Crippen LogP contribution is -2.15. The largest absolute Gasteiger partial charge is 0.493 e. The zero-order chi connectivity index (χ0) is 17.1. The third kappa shape index (κ3) is 3.11. The fraction of sp³-hybridized carbons (Fsp3) is 0.176. The van der Waals surface area contributed by atoms with E-state index in [1.165, 1.54) is 11.3 Å². The zero-order valence-electron chi connectivity index (χ0n) is 13.6. The summed E-state index contributed by atoms with van der Waals surface area (Å²) in [5, 5.41) is 5.26. The van der Waals surface area contributed by atoms with Crippen molar-refractivity contribution in [2.75, 3.05) is 19.5 Å². The first-order chi connectivity index (χ1) is 11.6. The lowest BCUT2D eigenvalue weighted by atomic mass is 10.1. The van der Waals surface area contributed by atoms with Crippen LogP contribution in [0.1, 0.15) is 10.5 Å². The van der Waals surface area contributed by atoms with E-state index >= 15 is 0 Å². The van der Waals surface area contributed by atoms with Crippen LogP contribution in [0.3, 0.4) is 0 Å². The first-order valence-corrected chi connectivity index (χ1v) is 8.11. The van der Waals surface area contributed by atoms with Gasteiger partial charge in [-0.25, -0.2) is 4.98 Å². The monoisotopic (exact) mass is 343 g/mol. The van der Waals surface area contributed by atoms with Gasteiger partial charge in [0.25, 0.3) is 5.91 Å². The molecule has 1 N–H and O–H groups in total. The van der Waals surface area contributed by atoms with E-state index in [2.05, 4.69) is 10.3 Å². The normalized spacial score (nSPS) is 10.5. The molecule has 0 radical (unpaired) electrons. The Kier molecular flexibility index (Phi) is 4.52. The average Bonchev–Trinajstić information content (AvgIpc) is 3.23. The summed E-state index contributed by atoms with van der Waals surface area (Å²) < 4.78 is 12.3. The number of thiazole rings is 1. The number of hydrogen-bond donors (Lipinski definition) is 1. The molecule has 3 aromatic rings. The van der Waals surface area contributed by atoms with Crippen LogP contribution in [0, 0.1) is 0 Å². The molecule has 0 saturated carbocycles. The third-order valence-electron chi connectivity index (χ3n) is 3.58. The number of hydrogen-bond acceptors (Lipinski definition) is 5. The van der Waals surface area contributed by atoms with Crippen molar-refractivity contribution in [2.24, 2.45) is 7.05 Å². The molecule has 0 fully saturated rings. The molecule has 7 heteroatoms. The van der Waals surface area contributed by atoms with Gasteiger partial charge in [0.05, 0.1) is 19.9 Å². The number of benzene rings is 1. The van der Waals surface area contributed by atoms with Gasteiger partial charge < -0.3 is 14.0 Å². The van der Waals surface area contributed by atoms with Crippen molar-refractivity contribution in [3.63, 3.8) is 0 Å². The van der Waals surface area contributed by atoms with E-state index in [-0.39, 0.29) is 5.91 Å². The van der Waals surface area contributed by atoms with Gasteiger partial charge in [-0.3, -0.25) is 10.1 Å². The molecular formula is C17H17N3O3S. The quantitative estimate of drug-likeness (QED) is 0.771. The maximum atomic E-state index is 12.2. The highest BCUT2D eigenvalue weighted by atomic mass is 32.1. The minimum Gasteiger partial charge on any atom is -0.493 e. The van der Waals surface area contributed by atoms with Gasteiger partial charge in [0.1, 0.15) is 5.69 Å². The van der Waals surface area contributed by atoms with Gasteiger partial charge >= 0.3 is 0 Å². The Labute approximate surface area is 143 Å². The summed E-state index contributed by atoms with van der Waals surface area (Å²) in [6, 6.07) is 9.18. The van der Waals surface area contributed by atoms with Gasteiger partial charge in [0.2, 0.25) is 0 Å². The molecule has 0 atom stereocenters. The Balaban J connectivity index is 1.81. The number of nitrogens with one attached hydrogen (secondary N) is 1. The fourth-order valence-corrected chi connectivity index (χ4v) is 3.03. The molecule has 0 bridgehead atoms. The van der Waals surface area contributed by atoms with Crippen LogP contribution in [0.5, 0.6) is 11.5 Å². The van der Waals surface area contributed by atoms with Gasteiger partial charge in [-0.15, -0.1) is 11.3 Å². The Morgan fingerprint density at radius 1 is 1.21 bits per heavy atom. The predicted octanol–water partition coefficient (Wildman–Crippen LogP) is 3.42. The van der Waals surface area contributed by atoms with E-state index in [0.717, 1.165) is 11.3 Å². The standard InChI is InChI=1S/C17H17N3O3S/c1-20-8-4-5-13(20)16(21)19-17-18-12(10-24-17)11-6-7-14(22-2)15(9-11)23-3/h4-10H,1-3H3,(H,18,19,21). The molecule has 1 amide bonds. The second-order valence-corrected chi connectivity index (χ2v) is 5.92. The van der Waals surface area contributed by atoms with E-state index in [0.29, 0.717) is 22.3 Å². The van der Waals surface area contributed by atoms with Crippen LogP contribution < -0.4 is 14.8 Å². The van der Waals surface area contributed by atoms with Crippen LogP contribution in [-0.2, 0) is 7.05 Å². The molecule has 3 rings (SSSR count). The number of carbonyl (C=O) groups excluding carboxylic acids is 1. The summed E-state index contributed by atoms with van der Waals surface area (Å²) in [6.45, 7) is 0. The summed E-state index contributed by atoms with van der Waals surface area (Å²) in [6.07, 6.45) is 1.83. The SMILES string of the molecule is COc1ccc(-c2csc(NC(=O)c3cccn3C)n2)cc1OC. The maximum Gasteiger partial charge on any atom is 0.274 e. The first-order valence-electron chi connectivity index (χ1n) is 7.23. The molecular weight excluding hydrogens is 326 g/mol. The minimum absolute atomic E-state index is 0.185. The van der Waals surface area contributed by atoms with Crippen molar-refractivity contribution in [3.05, 3.63) is 47.6 Å². The van der Waals surface area contributed by atoms with E-state index in [4.69, 9.17) is 9.47 Å². The van der Waals surface area contributed by atoms with Crippen molar-refractivity contribution in [3.8, 4) is 22.8 Å². The average molecular weight is 343 g/mol. The molecule has 124 valence electrons. The number of amides is 1. The number of nitrogens with zero attached hydrogens (tertiary/aromatic N) is 2. The zero-order valence-corrected chi connectivity index (χ0v) is 14.4. The number of anilines is 1. The highest BCUT2D eigenvalue weighted by molar-refractivity contribution is 7.14. The number of rotatable bonds is 5. The van der Waals surface area contributed by atoms with Crippen LogP contribution >= 0.6 is 11.3 Å². The summed E-state index contributed by atoms with van der Waals surface area (Å²) in [7, 11) is 5.01. The van der Waals surface area contributed by atoms with Crippen LogP contribution in [0.4, 0.5) is 5.13 Å². The Bertz CT molecular complexity index is 870. The lowest BCUT2D eigenvalue weighted by Gasteiger charge is -2.08. The van der Waals surface area contributed by atoms with Gasteiger partial charge in [0.15, 0.2) is 16.6 Å². The highest BCUT2D eigenvalue weighted by Gasteiger charge is 2.13. The number of aryl methyl sites for hydroxylation is 1. The van der Waals surface area contributed by atoms with Crippen molar-refractivity contribution in [1.29, 1.82) is 0 Å². The van der Waals surface area contributed by atoms with Crippen molar-refractivity contribution in [1.82, 2.24) is 9.55 Å². The van der Waals surface area contributed by atoms with Gasteiger partial charge in [-0.1, -0.05) is 0 Å². The van der Waals surface area contributed by atoms with Gasteiger partial charge in [-0.2, -0.15) is 0 Å². The van der Waals surface area contributed by atoms with Crippen LogP contribution in [-0.4, -0.2) is 29.7 Å². The molecule has 0 saturated heterocycles. The Morgan fingerprint density at radius 2 is 2.00 bits per heavy atom. The molecule has 0 aliphatic carbocycles. The van der Waals surface area contributed by atoms with Crippen molar-refractivity contribution in [2.45, 2.75) is 0 Å². The van der Waals surface area contributed by atoms with Crippen molar-refractivity contribution < 1.29 is 14.3 Å². The molecule has 6 nitrogen and oxygen atoms in total. The second-order valence-electron chi connectivity index (χ2n) is 5.07. The first kappa shape index (κ1) is 16.1. The van der Waals surface area contributed by atoms with Crippen molar-refractivity contribution >= 4 is 22.4 Å². The lowest BCUT2D eigenvalue weighted by molar-refractivity contribution is 0.101. The van der Waals surface area contributed by atoms with Crippen LogP contribution in [0.15, 0.2) is 41.9 Å². The summed E-state index contributed by atoms with van der Waals surface area (Å²) >= 11 is 1.37. The predicted molar refractivity (Wildman–Crippen MR) is 94.0 cm³/mol.